The summed E-state index contributed by atoms with van der Waals surface area (Å²) in [5, 5.41) is 2.91. The summed E-state index contributed by atoms with van der Waals surface area (Å²) in [4.78, 5) is 24.5. The van der Waals surface area contributed by atoms with Gasteiger partial charge in [0, 0.05) is 17.3 Å². The number of anilines is 1. The van der Waals surface area contributed by atoms with Gasteiger partial charge in [-0.3, -0.25) is 14.2 Å². The fourth-order valence-electron chi connectivity index (χ4n) is 2.63. The standard InChI is InChI=1S/C18H18N2O2S/c1-11(2)20-15-9-8-13(10-16(15)23-18(20)22)19-17(21)14-7-5-4-6-12(14)3/h4-11H,1-3H3,(H,19,21). The SMILES string of the molecule is Cc1ccccc1C(=O)Nc1ccc2c(c1)sc(=O)n2C(C)C. The smallest absolute Gasteiger partial charge is 0.308 e. The van der Waals surface area contributed by atoms with E-state index >= 15 is 0 Å². The van der Waals surface area contributed by atoms with Gasteiger partial charge in [-0.25, -0.2) is 0 Å². The van der Waals surface area contributed by atoms with Gasteiger partial charge in [0.25, 0.3) is 5.91 Å². The van der Waals surface area contributed by atoms with Crippen molar-refractivity contribution in [2.24, 2.45) is 0 Å². The minimum atomic E-state index is -0.141. The maximum atomic E-state index is 12.4. The number of rotatable bonds is 3. The van der Waals surface area contributed by atoms with Crippen molar-refractivity contribution in [2.75, 3.05) is 5.32 Å². The highest BCUT2D eigenvalue weighted by atomic mass is 32.1. The van der Waals surface area contributed by atoms with E-state index in [-0.39, 0.29) is 16.8 Å². The Morgan fingerprint density at radius 3 is 2.61 bits per heavy atom. The van der Waals surface area contributed by atoms with Gasteiger partial charge in [0.1, 0.15) is 0 Å². The molecule has 0 unspecified atom stereocenters. The summed E-state index contributed by atoms with van der Waals surface area (Å²) in [7, 11) is 0. The normalized spacial score (nSPS) is 11.1. The van der Waals surface area contributed by atoms with Crippen molar-refractivity contribution < 1.29 is 4.79 Å². The van der Waals surface area contributed by atoms with E-state index in [1.165, 1.54) is 11.3 Å². The first kappa shape index (κ1) is 15.5. The van der Waals surface area contributed by atoms with Gasteiger partial charge in [0.05, 0.1) is 10.2 Å². The van der Waals surface area contributed by atoms with Crippen molar-refractivity contribution in [3.05, 3.63) is 63.3 Å². The number of nitrogens with one attached hydrogen (secondary N) is 1. The first-order chi connectivity index (χ1) is 11.0. The second-order valence-corrected chi connectivity index (χ2v) is 6.78. The molecular formula is C18H18N2O2S. The molecule has 0 fully saturated rings. The van der Waals surface area contributed by atoms with Crippen LogP contribution in [0.2, 0.25) is 0 Å². The third-order valence-electron chi connectivity index (χ3n) is 3.78. The molecule has 1 aromatic heterocycles. The van der Waals surface area contributed by atoms with Gasteiger partial charge in [-0.1, -0.05) is 29.5 Å². The largest absolute Gasteiger partial charge is 0.322 e. The van der Waals surface area contributed by atoms with Crippen molar-refractivity contribution in [1.82, 2.24) is 4.57 Å². The molecular weight excluding hydrogens is 308 g/mol. The molecule has 0 saturated heterocycles. The molecule has 23 heavy (non-hydrogen) atoms. The molecule has 4 nitrogen and oxygen atoms in total. The molecule has 0 aliphatic heterocycles. The minimum Gasteiger partial charge on any atom is -0.322 e. The lowest BCUT2D eigenvalue weighted by Gasteiger charge is -2.09. The summed E-state index contributed by atoms with van der Waals surface area (Å²) >= 11 is 1.20. The molecule has 2 aromatic carbocycles. The summed E-state index contributed by atoms with van der Waals surface area (Å²) in [5.41, 5.74) is 3.19. The Morgan fingerprint density at radius 1 is 1.17 bits per heavy atom. The Morgan fingerprint density at radius 2 is 1.91 bits per heavy atom. The fraction of sp³-hybridized carbons (Fsp3) is 0.222. The van der Waals surface area contributed by atoms with Crippen LogP contribution in [0.4, 0.5) is 5.69 Å². The summed E-state index contributed by atoms with van der Waals surface area (Å²) in [6, 6.07) is 13.2. The van der Waals surface area contributed by atoms with Gasteiger partial charge in [-0.2, -0.15) is 0 Å². The summed E-state index contributed by atoms with van der Waals surface area (Å²) in [6.45, 7) is 5.88. The van der Waals surface area contributed by atoms with E-state index in [4.69, 9.17) is 0 Å². The maximum Gasteiger partial charge on any atom is 0.308 e. The summed E-state index contributed by atoms with van der Waals surface area (Å²) < 4.78 is 2.65. The molecule has 3 rings (SSSR count). The lowest BCUT2D eigenvalue weighted by Crippen LogP contribution is -2.15. The molecule has 0 aliphatic rings. The van der Waals surface area contributed by atoms with Gasteiger partial charge in [0.2, 0.25) is 0 Å². The van der Waals surface area contributed by atoms with E-state index in [2.05, 4.69) is 5.32 Å². The van der Waals surface area contributed by atoms with Crippen LogP contribution in [0.5, 0.6) is 0 Å². The summed E-state index contributed by atoms with van der Waals surface area (Å²) in [6.07, 6.45) is 0. The third-order valence-corrected chi connectivity index (χ3v) is 4.70. The number of fused-ring (bicyclic) bond motifs is 1. The highest BCUT2D eigenvalue weighted by Crippen LogP contribution is 2.24. The van der Waals surface area contributed by atoms with Crippen molar-refractivity contribution in [2.45, 2.75) is 26.8 Å². The number of nitrogens with zero attached hydrogens (tertiary/aromatic N) is 1. The van der Waals surface area contributed by atoms with Crippen LogP contribution in [-0.4, -0.2) is 10.5 Å². The predicted octanol–water partition coefficient (Wildman–Crippen LogP) is 4.20. The van der Waals surface area contributed by atoms with Crippen molar-refractivity contribution in [3.8, 4) is 0 Å². The second-order valence-electron chi connectivity index (χ2n) is 5.78. The zero-order valence-corrected chi connectivity index (χ0v) is 14.1. The molecule has 118 valence electrons. The molecule has 1 heterocycles. The number of aryl methyl sites for hydroxylation is 1. The highest BCUT2D eigenvalue weighted by Gasteiger charge is 2.12. The van der Waals surface area contributed by atoms with Crippen molar-refractivity contribution >= 4 is 33.1 Å². The first-order valence-electron chi connectivity index (χ1n) is 7.49. The quantitative estimate of drug-likeness (QED) is 0.784. The number of thiazole rings is 1. The number of carbonyl (C=O) groups excluding carboxylic acids is 1. The minimum absolute atomic E-state index is 0.0254. The highest BCUT2D eigenvalue weighted by molar-refractivity contribution is 7.16. The Labute approximate surface area is 138 Å². The summed E-state index contributed by atoms with van der Waals surface area (Å²) in [5.74, 6) is -0.141. The van der Waals surface area contributed by atoms with Crippen molar-refractivity contribution in [3.63, 3.8) is 0 Å². The second kappa shape index (κ2) is 6.01. The zero-order chi connectivity index (χ0) is 16.6. The van der Waals surface area contributed by atoms with E-state index in [9.17, 15) is 9.59 Å². The van der Waals surface area contributed by atoms with Crippen LogP contribution < -0.4 is 10.2 Å². The van der Waals surface area contributed by atoms with E-state index in [0.29, 0.717) is 11.3 Å². The molecule has 1 amide bonds. The average Bonchev–Trinajstić information content (AvgIpc) is 2.82. The van der Waals surface area contributed by atoms with Crippen molar-refractivity contribution in [1.29, 1.82) is 0 Å². The fourth-order valence-corrected chi connectivity index (χ4v) is 3.68. The molecule has 0 atom stereocenters. The molecule has 0 aliphatic carbocycles. The number of aromatic nitrogens is 1. The van der Waals surface area contributed by atoms with Crippen LogP contribution in [-0.2, 0) is 0 Å². The van der Waals surface area contributed by atoms with Crippen LogP contribution >= 0.6 is 11.3 Å². The van der Waals surface area contributed by atoms with Crippen LogP contribution in [0.1, 0.15) is 35.8 Å². The van der Waals surface area contributed by atoms with Gasteiger partial charge in [-0.15, -0.1) is 0 Å². The van der Waals surface area contributed by atoms with Gasteiger partial charge in [-0.05, 0) is 50.6 Å². The Bertz CT molecular complexity index is 938. The molecule has 5 heteroatoms. The maximum absolute atomic E-state index is 12.4. The molecule has 0 spiro atoms. The lowest BCUT2D eigenvalue weighted by atomic mass is 10.1. The van der Waals surface area contributed by atoms with Gasteiger partial charge >= 0.3 is 4.87 Å². The number of amides is 1. The number of hydrogen-bond donors (Lipinski definition) is 1. The number of hydrogen-bond acceptors (Lipinski definition) is 3. The van der Waals surface area contributed by atoms with Gasteiger partial charge in [0.15, 0.2) is 0 Å². The molecule has 0 radical (unpaired) electrons. The third kappa shape index (κ3) is 2.92. The lowest BCUT2D eigenvalue weighted by molar-refractivity contribution is 0.102. The Balaban J connectivity index is 1.94. The molecule has 3 aromatic rings. The Hall–Kier alpha value is -2.40. The van der Waals surface area contributed by atoms with E-state index < -0.39 is 0 Å². The van der Waals surface area contributed by atoms with Gasteiger partial charge < -0.3 is 5.32 Å². The van der Waals surface area contributed by atoms with Crippen LogP contribution in [0, 0.1) is 6.92 Å². The Kier molecular flexibility index (Phi) is 4.05. The number of carbonyl (C=O) groups is 1. The van der Waals surface area contributed by atoms with E-state index in [0.717, 1.165) is 15.8 Å². The first-order valence-corrected chi connectivity index (χ1v) is 8.31. The van der Waals surface area contributed by atoms with Crippen LogP contribution in [0.3, 0.4) is 0 Å². The molecule has 1 N–H and O–H groups in total. The number of benzene rings is 2. The molecule has 0 saturated carbocycles. The van der Waals surface area contributed by atoms with Crippen LogP contribution in [0.25, 0.3) is 10.2 Å². The topological polar surface area (TPSA) is 51.1 Å². The predicted molar refractivity (Wildman–Crippen MR) is 95.6 cm³/mol. The van der Waals surface area contributed by atoms with E-state index in [1.54, 1.807) is 10.6 Å². The zero-order valence-electron chi connectivity index (χ0n) is 13.3. The monoisotopic (exact) mass is 326 g/mol. The molecule has 0 bridgehead atoms. The van der Waals surface area contributed by atoms with E-state index in [1.807, 2.05) is 57.2 Å². The average molecular weight is 326 g/mol. The van der Waals surface area contributed by atoms with Crippen LogP contribution in [0.15, 0.2) is 47.3 Å².